The molecule has 43 heavy (non-hydrogen) atoms. The number of fused-ring (bicyclic) bond motifs is 3. The van der Waals surface area contributed by atoms with Crippen LogP contribution in [0, 0.1) is 5.82 Å². The van der Waals surface area contributed by atoms with Gasteiger partial charge in [0.1, 0.15) is 23.5 Å². The van der Waals surface area contributed by atoms with Crippen LogP contribution in [0.4, 0.5) is 13.6 Å². The topological polar surface area (TPSA) is 109 Å². The third-order valence-corrected chi connectivity index (χ3v) is 8.97. The van der Waals surface area contributed by atoms with Crippen molar-refractivity contribution in [2.75, 3.05) is 46.4 Å². The number of likely N-dealkylation sites (tertiary alicyclic amines) is 2. The molecule has 2 aromatic carbocycles. The quantitative estimate of drug-likeness (QED) is 0.282. The van der Waals surface area contributed by atoms with Crippen molar-refractivity contribution < 1.29 is 33.0 Å². The van der Waals surface area contributed by atoms with Crippen molar-refractivity contribution >= 4 is 38.5 Å². The number of piperidine rings is 1. The number of carbonyl (C=O) groups excluding carboxylic acids is 2. The number of imidazole rings is 1. The number of amides is 2. The van der Waals surface area contributed by atoms with Gasteiger partial charge in [0.15, 0.2) is 4.96 Å². The first kappa shape index (κ1) is 29.3. The zero-order valence-corrected chi connectivity index (χ0v) is 24.5. The van der Waals surface area contributed by atoms with Crippen LogP contribution in [0.15, 0.2) is 36.5 Å². The van der Waals surface area contributed by atoms with E-state index in [1.807, 2.05) is 4.40 Å². The molecule has 2 aliphatic rings. The van der Waals surface area contributed by atoms with Crippen molar-refractivity contribution in [1.29, 1.82) is 0 Å². The Hall–Kier alpha value is -3.81. The van der Waals surface area contributed by atoms with Crippen molar-refractivity contribution in [3.8, 4) is 22.8 Å². The number of ether oxygens (including phenoxy) is 2. The highest BCUT2D eigenvalue weighted by Crippen LogP contribution is 2.35. The molecule has 2 amide bonds. The predicted molar refractivity (Wildman–Crippen MR) is 158 cm³/mol. The molecule has 13 heteroatoms. The largest absolute Gasteiger partial charge is 0.496 e. The first-order chi connectivity index (χ1) is 20.8. The van der Waals surface area contributed by atoms with Gasteiger partial charge >= 0.3 is 6.09 Å². The standard InChI is InChI=1S/C30H33F2N5O5S/c1-41-26-15-25-27(14-22(26)28(39)33-8-2-9-35-10-5-18(31)6-11-35)43-29-34-24(17-37(25)29)21-4-3-20(13-23(21)32)42-30(40)36-12-7-19(38)16-36/h3-4,13-15,17-19,38H,2,5-12,16H2,1H3,(H,33,39). The maximum absolute atomic E-state index is 15.1. The van der Waals surface area contributed by atoms with E-state index >= 15 is 4.39 Å². The predicted octanol–water partition coefficient (Wildman–Crippen LogP) is 4.48. The summed E-state index contributed by atoms with van der Waals surface area (Å²) in [5, 5.41) is 12.6. The Labute approximate surface area is 250 Å². The molecule has 0 aliphatic carbocycles. The Bertz CT molecular complexity index is 1650. The van der Waals surface area contributed by atoms with Crippen LogP contribution in [0.5, 0.6) is 11.5 Å². The summed E-state index contributed by atoms with van der Waals surface area (Å²) >= 11 is 1.37. The van der Waals surface area contributed by atoms with Crippen LogP contribution < -0.4 is 14.8 Å². The number of thiazole rings is 1. The number of benzene rings is 2. The van der Waals surface area contributed by atoms with Gasteiger partial charge in [0, 0.05) is 56.6 Å². The average molecular weight is 614 g/mol. The van der Waals surface area contributed by atoms with Gasteiger partial charge in [-0.1, -0.05) is 11.3 Å². The van der Waals surface area contributed by atoms with Crippen LogP contribution in [0.25, 0.3) is 26.4 Å². The van der Waals surface area contributed by atoms with E-state index in [-0.39, 0.29) is 23.8 Å². The fraction of sp³-hybridized carbons (Fsp3) is 0.433. The Morgan fingerprint density at radius 3 is 2.70 bits per heavy atom. The molecule has 4 aromatic rings. The zero-order valence-electron chi connectivity index (χ0n) is 23.7. The van der Waals surface area contributed by atoms with E-state index in [1.165, 1.54) is 35.5 Å². The van der Waals surface area contributed by atoms with Gasteiger partial charge in [-0.05, 0) is 50.4 Å². The number of hydrogen-bond acceptors (Lipinski definition) is 8. The maximum Gasteiger partial charge on any atom is 0.415 e. The minimum absolute atomic E-state index is 0.0658. The molecule has 0 saturated carbocycles. The number of aliphatic hydroxyl groups excluding tert-OH is 1. The van der Waals surface area contributed by atoms with E-state index in [9.17, 15) is 19.1 Å². The number of nitrogens with zero attached hydrogens (tertiary/aromatic N) is 4. The second-order valence-electron chi connectivity index (χ2n) is 10.9. The maximum atomic E-state index is 15.1. The zero-order chi connectivity index (χ0) is 30.1. The first-order valence-electron chi connectivity index (χ1n) is 14.4. The van der Waals surface area contributed by atoms with Crippen LogP contribution in [-0.2, 0) is 0 Å². The van der Waals surface area contributed by atoms with Gasteiger partial charge in [0.05, 0.1) is 34.7 Å². The lowest BCUT2D eigenvalue weighted by Crippen LogP contribution is -2.36. The van der Waals surface area contributed by atoms with Crippen LogP contribution in [0.1, 0.15) is 36.0 Å². The van der Waals surface area contributed by atoms with E-state index in [1.54, 1.807) is 18.3 Å². The summed E-state index contributed by atoms with van der Waals surface area (Å²) in [7, 11) is 1.50. The second-order valence-corrected chi connectivity index (χ2v) is 11.9. The Morgan fingerprint density at radius 2 is 1.98 bits per heavy atom. The summed E-state index contributed by atoms with van der Waals surface area (Å²) in [6, 6.07) is 7.71. The van der Waals surface area contributed by atoms with Gasteiger partial charge in [-0.3, -0.25) is 9.20 Å². The van der Waals surface area contributed by atoms with E-state index in [0.29, 0.717) is 54.3 Å². The number of alkyl halides is 1. The van der Waals surface area contributed by atoms with Crippen molar-refractivity contribution in [1.82, 2.24) is 24.5 Å². The van der Waals surface area contributed by atoms with Crippen molar-refractivity contribution in [3.05, 3.63) is 47.9 Å². The normalized spacial score (nSPS) is 18.0. The lowest BCUT2D eigenvalue weighted by Gasteiger charge is -2.28. The molecule has 0 radical (unpaired) electrons. The first-order valence-corrected chi connectivity index (χ1v) is 15.2. The Morgan fingerprint density at radius 1 is 1.16 bits per heavy atom. The summed E-state index contributed by atoms with van der Waals surface area (Å²) in [6.45, 7) is 3.39. The Kier molecular flexibility index (Phi) is 8.46. The summed E-state index contributed by atoms with van der Waals surface area (Å²) in [4.78, 5) is 34.1. The van der Waals surface area contributed by atoms with Gasteiger partial charge in [-0.25, -0.2) is 18.6 Å². The molecule has 228 valence electrons. The molecule has 2 N–H and O–H groups in total. The van der Waals surface area contributed by atoms with Crippen molar-refractivity contribution in [2.24, 2.45) is 0 Å². The molecule has 10 nitrogen and oxygen atoms in total. The fourth-order valence-electron chi connectivity index (χ4n) is 5.57. The number of carbonyl (C=O) groups is 2. The monoisotopic (exact) mass is 613 g/mol. The van der Waals surface area contributed by atoms with E-state index in [0.717, 1.165) is 42.3 Å². The molecule has 1 unspecified atom stereocenters. The molecule has 2 fully saturated rings. The van der Waals surface area contributed by atoms with E-state index in [2.05, 4.69) is 15.2 Å². The molecule has 6 rings (SSSR count). The summed E-state index contributed by atoms with van der Waals surface area (Å²) in [6.07, 6.45) is 2.20. The second kappa shape index (κ2) is 12.4. The highest BCUT2D eigenvalue weighted by atomic mass is 32.1. The lowest BCUT2D eigenvalue weighted by molar-refractivity contribution is 0.0947. The molecule has 2 saturated heterocycles. The van der Waals surface area contributed by atoms with Crippen LogP contribution in [0.3, 0.4) is 0 Å². The average Bonchev–Trinajstić information content (AvgIpc) is 3.70. The minimum Gasteiger partial charge on any atom is -0.496 e. The van der Waals surface area contributed by atoms with Gasteiger partial charge in [-0.15, -0.1) is 0 Å². The summed E-state index contributed by atoms with van der Waals surface area (Å²) in [5.74, 6) is -0.356. The highest BCUT2D eigenvalue weighted by Gasteiger charge is 2.26. The number of methoxy groups -OCH3 is 1. The number of rotatable bonds is 8. The smallest absolute Gasteiger partial charge is 0.415 e. The number of halogens is 2. The third kappa shape index (κ3) is 6.29. The number of hydrogen-bond donors (Lipinski definition) is 2. The molecule has 0 bridgehead atoms. The molecule has 2 aromatic heterocycles. The van der Waals surface area contributed by atoms with Gasteiger partial charge in [0.25, 0.3) is 5.91 Å². The molecule has 1 atom stereocenters. The molecule has 4 heterocycles. The van der Waals surface area contributed by atoms with Crippen molar-refractivity contribution in [2.45, 2.75) is 38.0 Å². The van der Waals surface area contributed by atoms with Crippen molar-refractivity contribution in [3.63, 3.8) is 0 Å². The molecular weight excluding hydrogens is 580 g/mol. The number of aliphatic hydroxyl groups is 1. The fourth-order valence-corrected chi connectivity index (χ4v) is 6.60. The van der Waals surface area contributed by atoms with Gasteiger partial charge in [-0.2, -0.15) is 0 Å². The summed E-state index contributed by atoms with van der Waals surface area (Å²) in [5.41, 5.74) is 1.83. The molecular formula is C30H33F2N5O5S. The number of β-amino-alcohol motifs (C(OH)–C–C–N with tert-alkyl or cyclic N) is 1. The Balaban J connectivity index is 1.14. The molecule has 0 spiro atoms. The lowest BCUT2D eigenvalue weighted by atomic mass is 10.1. The summed E-state index contributed by atoms with van der Waals surface area (Å²) < 4.78 is 41.9. The van der Waals surface area contributed by atoms with Gasteiger partial charge < -0.3 is 29.7 Å². The third-order valence-electron chi connectivity index (χ3n) is 7.96. The van der Waals surface area contributed by atoms with Crippen LogP contribution in [-0.4, -0.2) is 94.9 Å². The molecule has 2 aliphatic heterocycles. The van der Waals surface area contributed by atoms with Gasteiger partial charge in [0.2, 0.25) is 0 Å². The van der Waals surface area contributed by atoms with Crippen LogP contribution >= 0.6 is 11.3 Å². The number of nitrogens with one attached hydrogen (secondary N) is 1. The van der Waals surface area contributed by atoms with E-state index < -0.39 is 24.2 Å². The highest BCUT2D eigenvalue weighted by molar-refractivity contribution is 7.23. The minimum atomic E-state index is -0.701. The van der Waals surface area contributed by atoms with E-state index in [4.69, 9.17) is 9.47 Å². The number of aromatic nitrogens is 2. The SMILES string of the molecule is COc1cc2c(cc1C(=O)NCCCN1CCC(F)CC1)sc1nc(-c3ccc(OC(=O)N4CCC(O)C4)cc3F)cn12. The van der Waals surface area contributed by atoms with Crippen LogP contribution in [0.2, 0.25) is 0 Å².